The van der Waals surface area contributed by atoms with Crippen LogP contribution in [0.3, 0.4) is 0 Å². The van der Waals surface area contributed by atoms with E-state index in [1.165, 1.54) is 17.6 Å². The van der Waals surface area contributed by atoms with Gasteiger partial charge in [-0.1, -0.05) is 18.2 Å². The summed E-state index contributed by atoms with van der Waals surface area (Å²) in [4.78, 5) is 3.55. The summed E-state index contributed by atoms with van der Waals surface area (Å²) in [7, 11) is 0. The zero-order chi connectivity index (χ0) is 18.0. The molecule has 25 heavy (non-hydrogen) atoms. The Morgan fingerprint density at radius 1 is 1.04 bits per heavy atom. The molecule has 0 saturated heterocycles. The quantitative estimate of drug-likeness (QED) is 0.676. The SMILES string of the molecule is Cc1nc(C(F)(F)F)cn1-c1ccc(NCc2ccccc2F)cc1. The largest absolute Gasteiger partial charge is 0.434 e. The minimum absolute atomic E-state index is 0.249. The third-order valence-electron chi connectivity index (χ3n) is 3.76. The van der Waals surface area contributed by atoms with Crippen LogP contribution in [0.15, 0.2) is 54.7 Å². The van der Waals surface area contributed by atoms with Gasteiger partial charge in [0.2, 0.25) is 0 Å². The number of hydrogen-bond donors (Lipinski definition) is 1. The minimum atomic E-state index is -4.47. The number of benzene rings is 2. The Bertz CT molecular complexity index is 867. The summed E-state index contributed by atoms with van der Waals surface area (Å²) in [6.45, 7) is 1.83. The lowest BCUT2D eigenvalue weighted by atomic mass is 10.2. The first-order chi connectivity index (χ1) is 11.8. The fourth-order valence-electron chi connectivity index (χ4n) is 2.45. The van der Waals surface area contributed by atoms with E-state index in [-0.39, 0.29) is 11.6 Å². The van der Waals surface area contributed by atoms with Crippen molar-refractivity contribution in [2.75, 3.05) is 5.32 Å². The second kappa shape index (κ2) is 6.58. The lowest BCUT2D eigenvalue weighted by Crippen LogP contribution is -2.05. The molecular weight excluding hydrogens is 334 g/mol. The summed E-state index contributed by atoms with van der Waals surface area (Å²) in [5.41, 5.74) is 0.913. The van der Waals surface area contributed by atoms with E-state index in [0.29, 0.717) is 17.8 Å². The molecule has 3 aromatic rings. The molecule has 0 saturated carbocycles. The normalized spacial score (nSPS) is 11.6. The maximum atomic E-state index is 13.6. The van der Waals surface area contributed by atoms with Crippen molar-refractivity contribution < 1.29 is 17.6 Å². The summed E-state index contributed by atoms with van der Waals surface area (Å²) >= 11 is 0. The zero-order valence-electron chi connectivity index (χ0n) is 13.3. The van der Waals surface area contributed by atoms with Crippen molar-refractivity contribution in [1.82, 2.24) is 9.55 Å². The van der Waals surface area contributed by atoms with E-state index in [0.717, 1.165) is 11.9 Å². The van der Waals surface area contributed by atoms with Crippen LogP contribution in [0.5, 0.6) is 0 Å². The van der Waals surface area contributed by atoms with Crippen LogP contribution in [0.1, 0.15) is 17.1 Å². The van der Waals surface area contributed by atoms with E-state index in [1.54, 1.807) is 42.5 Å². The van der Waals surface area contributed by atoms with Gasteiger partial charge in [-0.05, 0) is 37.3 Å². The molecule has 1 heterocycles. The molecule has 0 amide bonds. The zero-order valence-corrected chi connectivity index (χ0v) is 13.3. The summed E-state index contributed by atoms with van der Waals surface area (Å²) in [5.74, 6) is -0.0419. The van der Waals surface area contributed by atoms with E-state index in [1.807, 2.05) is 0 Å². The van der Waals surface area contributed by atoms with Crippen LogP contribution in [-0.4, -0.2) is 9.55 Å². The van der Waals surface area contributed by atoms with E-state index in [4.69, 9.17) is 0 Å². The van der Waals surface area contributed by atoms with Gasteiger partial charge in [0, 0.05) is 29.7 Å². The van der Waals surface area contributed by atoms with E-state index in [9.17, 15) is 17.6 Å². The first-order valence-electron chi connectivity index (χ1n) is 7.55. The molecule has 0 atom stereocenters. The summed E-state index contributed by atoms with van der Waals surface area (Å²) < 4.78 is 53.2. The van der Waals surface area contributed by atoms with Gasteiger partial charge in [0.25, 0.3) is 0 Å². The van der Waals surface area contributed by atoms with Gasteiger partial charge in [-0.25, -0.2) is 9.37 Å². The minimum Gasteiger partial charge on any atom is -0.381 e. The smallest absolute Gasteiger partial charge is 0.381 e. The lowest BCUT2D eigenvalue weighted by molar-refractivity contribution is -0.141. The molecule has 0 unspecified atom stereocenters. The predicted octanol–water partition coefficient (Wildman–Crippen LogP) is 4.95. The Balaban J connectivity index is 1.75. The van der Waals surface area contributed by atoms with Crippen molar-refractivity contribution in [3.63, 3.8) is 0 Å². The number of nitrogens with zero attached hydrogens (tertiary/aromatic N) is 2. The molecular formula is C18H15F4N3. The van der Waals surface area contributed by atoms with Crippen LogP contribution < -0.4 is 5.32 Å². The molecule has 0 aliphatic heterocycles. The van der Waals surface area contributed by atoms with Gasteiger partial charge in [-0.2, -0.15) is 13.2 Å². The third kappa shape index (κ3) is 3.81. The molecule has 7 heteroatoms. The molecule has 1 aromatic heterocycles. The number of imidazole rings is 1. The Hall–Kier alpha value is -2.83. The average Bonchev–Trinajstić information content (AvgIpc) is 2.97. The first-order valence-corrected chi connectivity index (χ1v) is 7.55. The molecule has 0 spiro atoms. The number of aromatic nitrogens is 2. The van der Waals surface area contributed by atoms with Crippen LogP contribution in [0.25, 0.3) is 5.69 Å². The highest BCUT2D eigenvalue weighted by Crippen LogP contribution is 2.29. The highest BCUT2D eigenvalue weighted by Gasteiger charge is 2.34. The molecule has 3 nitrogen and oxygen atoms in total. The number of alkyl halides is 3. The van der Waals surface area contributed by atoms with Gasteiger partial charge in [0.15, 0.2) is 5.69 Å². The van der Waals surface area contributed by atoms with Crippen LogP contribution in [0, 0.1) is 12.7 Å². The summed E-state index contributed by atoms with van der Waals surface area (Å²) in [6, 6.07) is 13.3. The second-order valence-electron chi connectivity index (χ2n) is 5.53. The van der Waals surface area contributed by atoms with E-state index >= 15 is 0 Å². The van der Waals surface area contributed by atoms with E-state index < -0.39 is 11.9 Å². The van der Waals surface area contributed by atoms with Crippen LogP contribution in [-0.2, 0) is 12.7 Å². The van der Waals surface area contributed by atoms with Gasteiger partial charge in [-0.3, -0.25) is 0 Å². The van der Waals surface area contributed by atoms with Crippen molar-refractivity contribution in [3.8, 4) is 5.69 Å². The maximum absolute atomic E-state index is 13.6. The van der Waals surface area contributed by atoms with Crippen LogP contribution >= 0.6 is 0 Å². The molecule has 0 aliphatic rings. The lowest BCUT2D eigenvalue weighted by Gasteiger charge is -2.09. The van der Waals surface area contributed by atoms with Gasteiger partial charge in [0.1, 0.15) is 11.6 Å². The van der Waals surface area contributed by atoms with Crippen molar-refractivity contribution >= 4 is 5.69 Å². The number of nitrogens with one attached hydrogen (secondary N) is 1. The first kappa shape index (κ1) is 17.0. The second-order valence-corrected chi connectivity index (χ2v) is 5.53. The molecule has 2 aromatic carbocycles. The van der Waals surface area contributed by atoms with Crippen molar-refractivity contribution in [2.24, 2.45) is 0 Å². The molecule has 0 radical (unpaired) electrons. The van der Waals surface area contributed by atoms with Crippen molar-refractivity contribution in [3.05, 3.63) is 77.6 Å². The molecule has 0 aliphatic carbocycles. The Labute approximate surface area is 141 Å². The summed E-state index contributed by atoms with van der Waals surface area (Å²) in [6.07, 6.45) is -3.51. The number of halogens is 4. The molecule has 3 rings (SSSR count). The van der Waals surface area contributed by atoms with Gasteiger partial charge in [-0.15, -0.1) is 0 Å². The fraction of sp³-hybridized carbons (Fsp3) is 0.167. The molecule has 1 N–H and O–H groups in total. The van der Waals surface area contributed by atoms with E-state index in [2.05, 4.69) is 10.3 Å². The van der Waals surface area contributed by atoms with Crippen molar-refractivity contribution in [1.29, 1.82) is 0 Å². The monoisotopic (exact) mass is 349 g/mol. The Morgan fingerprint density at radius 3 is 2.32 bits per heavy atom. The molecule has 0 fully saturated rings. The highest BCUT2D eigenvalue weighted by atomic mass is 19.4. The standard InChI is InChI=1S/C18H15F4N3/c1-12-24-17(18(20,21)22)11-25(12)15-8-6-14(7-9-15)23-10-13-4-2-3-5-16(13)19/h2-9,11,23H,10H2,1H3. The fourth-order valence-corrected chi connectivity index (χ4v) is 2.45. The number of rotatable bonds is 4. The Morgan fingerprint density at radius 2 is 1.72 bits per heavy atom. The van der Waals surface area contributed by atoms with Crippen molar-refractivity contribution in [2.45, 2.75) is 19.6 Å². The predicted molar refractivity (Wildman–Crippen MR) is 87.0 cm³/mol. The van der Waals surface area contributed by atoms with Gasteiger partial charge >= 0.3 is 6.18 Å². The molecule has 0 bridgehead atoms. The highest BCUT2D eigenvalue weighted by molar-refractivity contribution is 5.49. The van der Waals surface area contributed by atoms with Crippen LogP contribution in [0.4, 0.5) is 23.2 Å². The third-order valence-corrected chi connectivity index (χ3v) is 3.76. The summed E-state index contributed by atoms with van der Waals surface area (Å²) in [5, 5.41) is 3.08. The van der Waals surface area contributed by atoms with Gasteiger partial charge < -0.3 is 9.88 Å². The van der Waals surface area contributed by atoms with Gasteiger partial charge in [0.05, 0.1) is 0 Å². The average molecular weight is 349 g/mol. The number of anilines is 1. The number of hydrogen-bond acceptors (Lipinski definition) is 2. The maximum Gasteiger partial charge on any atom is 0.434 e. The Kier molecular flexibility index (Phi) is 4.48. The van der Waals surface area contributed by atoms with Crippen LogP contribution in [0.2, 0.25) is 0 Å². The number of aryl methyl sites for hydroxylation is 1. The molecule has 130 valence electrons. The topological polar surface area (TPSA) is 29.9 Å².